The van der Waals surface area contributed by atoms with Crippen LogP contribution in [0.15, 0.2) is 84.9 Å². The molecule has 3 aromatic carbocycles. The highest BCUT2D eigenvalue weighted by Crippen LogP contribution is 2.21. The summed E-state index contributed by atoms with van der Waals surface area (Å²) in [6, 6.07) is 26.9. The van der Waals surface area contributed by atoms with Crippen molar-refractivity contribution in [3.8, 4) is 5.75 Å². The van der Waals surface area contributed by atoms with Crippen molar-refractivity contribution < 1.29 is 19.1 Å². The van der Waals surface area contributed by atoms with E-state index in [2.05, 4.69) is 0 Å². The largest absolute Gasteiger partial charge is 0.482 e. The van der Waals surface area contributed by atoms with Crippen molar-refractivity contribution in [1.82, 2.24) is 0 Å². The molecule has 0 saturated carbocycles. The fourth-order valence-corrected chi connectivity index (χ4v) is 3.32. The Morgan fingerprint density at radius 2 is 1.42 bits per heavy atom. The van der Waals surface area contributed by atoms with Gasteiger partial charge >= 0.3 is 5.97 Å². The number of benzene rings is 3. The van der Waals surface area contributed by atoms with E-state index in [-0.39, 0.29) is 25.2 Å². The van der Waals surface area contributed by atoms with E-state index in [4.69, 9.17) is 9.47 Å². The summed E-state index contributed by atoms with van der Waals surface area (Å²) in [5, 5.41) is 0. The maximum atomic E-state index is 12.6. The quantitative estimate of drug-likeness (QED) is 0.476. The molecule has 160 valence electrons. The molecule has 0 unspecified atom stereocenters. The van der Waals surface area contributed by atoms with Crippen LogP contribution in [0, 0.1) is 0 Å². The van der Waals surface area contributed by atoms with Gasteiger partial charge in [0.1, 0.15) is 5.75 Å². The molecular weight excluding hydrogens is 390 g/mol. The van der Waals surface area contributed by atoms with Gasteiger partial charge in [0, 0.05) is 18.2 Å². The number of esters is 1. The first-order valence-corrected chi connectivity index (χ1v) is 10.3. The van der Waals surface area contributed by atoms with Gasteiger partial charge in [0.05, 0.1) is 0 Å². The number of rotatable bonds is 9. The minimum Gasteiger partial charge on any atom is -0.482 e. The Balaban J connectivity index is 1.54. The molecule has 0 aliphatic carbocycles. The van der Waals surface area contributed by atoms with Gasteiger partial charge in [0.15, 0.2) is 13.2 Å². The van der Waals surface area contributed by atoms with Crippen molar-refractivity contribution >= 4 is 17.6 Å². The predicted octanol–water partition coefficient (Wildman–Crippen LogP) is 4.64. The average Bonchev–Trinajstić information content (AvgIpc) is 2.78. The molecule has 0 bridgehead atoms. The van der Waals surface area contributed by atoms with Gasteiger partial charge in [-0.05, 0) is 43.2 Å². The number of nitrogens with zero attached hydrogens (tertiary/aromatic N) is 1. The highest BCUT2D eigenvalue weighted by molar-refractivity contribution is 5.95. The molecule has 0 heterocycles. The number of hydrogen-bond donors (Lipinski definition) is 0. The maximum absolute atomic E-state index is 12.6. The minimum atomic E-state index is -0.584. The van der Waals surface area contributed by atoms with Crippen molar-refractivity contribution in [1.29, 1.82) is 0 Å². The third-order valence-electron chi connectivity index (χ3n) is 4.73. The topological polar surface area (TPSA) is 55.8 Å². The van der Waals surface area contributed by atoms with Gasteiger partial charge in [-0.1, -0.05) is 66.7 Å². The smallest absolute Gasteiger partial charge is 0.344 e. The number of carbonyl (C=O) groups excluding carboxylic acids is 2. The number of para-hydroxylation sites is 2. The van der Waals surface area contributed by atoms with Crippen molar-refractivity contribution in [2.45, 2.75) is 26.3 Å². The molecule has 0 saturated heterocycles. The van der Waals surface area contributed by atoms with E-state index in [0.717, 1.165) is 16.8 Å². The summed E-state index contributed by atoms with van der Waals surface area (Å²) in [5.41, 5.74) is 2.90. The van der Waals surface area contributed by atoms with E-state index in [0.29, 0.717) is 12.2 Å². The fraction of sp³-hybridized carbons (Fsp3) is 0.231. The molecule has 0 spiro atoms. The van der Waals surface area contributed by atoms with E-state index in [9.17, 15) is 9.59 Å². The summed E-state index contributed by atoms with van der Waals surface area (Å²) in [7, 11) is 0. The van der Waals surface area contributed by atoms with Gasteiger partial charge in [-0.25, -0.2) is 4.79 Å². The first-order chi connectivity index (χ1) is 15.0. The Bertz CT molecular complexity index is 987. The number of hydrogen-bond acceptors (Lipinski definition) is 4. The molecule has 0 radical (unpaired) electrons. The van der Waals surface area contributed by atoms with Crippen molar-refractivity contribution in [2.75, 3.05) is 18.1 Å². The standard InChI is InChI=1S/C26H27NO4/c1-20(2)27(23-14-7-4-8-15-23)25(28)18-31-26(29)19-30-24-16-10-9-13-22(24)17-21-11-5-3-6-12-21/h3-16,20H,17-19H2,1-2H3. The molecule has 0 aliphatic rings. The fourth-order valence-electron chi connectivity index (χ4n) is 3.32. The van der Waals surface area contributed by atoms with Gasteiger partial charge in [0.2, 0.25) is 0 Å². The van der Waals surface area contributed by atoms with Crippen LogP contribution >= 0.6 is 0 Å². The molecule has 1 amide bonds. The van der Waals surface area contributed by atoms with Crippen LogP contribution in [0.25, 0.3) is 0 Å². The summed E-state index contributed by atoms with van der Waals surface area (Å²) < 4.78 is 10.9. The SMILES string of the molecule is CC(C)N(C(=O)COC(=O)COc1ccccc1Cc1ccccc1)c1ccccc1. The van der Waals surface area contributed by atoms with Crippen LogP contribution in [0.3, 0.4) is 0 Å². The lowest BCUT2D eigenvalue weighted by molar-refractivity contribution is -0.149. The summed E-state index contributed by atoms with van der Waals surface area (Å²) in [6.45, 7) is 3.24. The highest BCUT2D eigenvalue weighted by Gasteiger charge is 2.20. The molecule has 5 nitrogen and oxygen atoms in total. The molecule has 3 aromatic rings. The van der Waals surface area contributed by atoms with E-state index in [1.54, 1.807) is 4.90 Å². The molecule has 3 rings (SSSR count). The first-order valence-electron chi connectivity index (χ1n) is 10.3. The minimum absolute atomic E-state index is 0.0604. The second kappa shape index (κ2) is 11.0. The van der Waals surface area contributed by atoms with E-state index >= 15 is 0 Å². The lowest BCUT2D eigenvalue weighted by atomic mass is 10.0. The summed E-state index contributed by atoms with van der Waals surface area (Å²) in [6.07, 6.45) is 0.699. The monoisotopic (exact) mass is 417 g/mol. The number of ether oxygens (including phenoxy) is 2. The third kappa shape index (κ3) is 6.44. The van der Waals surface area contributed by atoms with Crippen LogP contribution in [0.5, 0.6) is 5.75 Å². The van der Waals surface area contributed by atoms with Crippen LogP contribution in [0.2, 0.25) is 0 Å². The molecule has 31 heavy (non-hydrogen) atoms. The number of carbonyl (C=O) groups is 2. The van der Waals surface area contributed by atoms with Gasteiger partial charge in [0.25, 0.3) is 5.91 Å². The van der Waals surface area contributed by atoms with Crippen LogP contribution in [0.1, 0.15) is 25.0 Å². The lowest BCUT2D eigenvalue weighted by Gasteiger charge is -2.26. The normalized spacial score (nSPS) is 10.5. The van der Waals surface area contributed by atoms with Gasteiger partial charge in [-0.2, -0.15) is 0 Å². The second-order valence-electron chi connectivity index (χ2n) is 7.41. The molecule has 0 atom stereocenters. The van der Waals surface area contributed by atoms with E-state index in [1.807, 2.05) is 98.8 Å². The van der Waals surface area contributed by atoms with Crippen LogP contribution in [-0.2, 0) is 20.7 Å². The molecule has 5 heteroatoms. The van der Waals surface area contributed by atoms with E-state index in [1.165, 1.54) is 0 Å². The zero-order valence-corrected chi connectivity index (χ0v) is 17.9. The number of amides is 1. The molecule has 0 fully saturated rings. The molecule has 0 aromatic heterocycles. The van der Waals surface area contributed by atoms with Gasteiger partial charge < -0.3 is 14.4 Å². The Morgan fingerprint density at radius 3 is 2.10 bits per heavy atom. The maximum Gasteiger partial charge on any atom is 0.344 e. The molecule has 0 aliphatic heterocycles. The van der Waals surface area contributed by atoms with Crippen molar-refractivity contribution in [3.05, 3.63) is 96.1 Å². The predicted molar refractivity (Wildman–Crippen MR) is 121 cm³/mol. The summed E-state index contributed by atoms with van der Waals surface area (Å²) in [5.74, 6) is -0.235. The van der Waals surface area contributed by atoms with Gasteiger partial charge in [-0.15, -0.1) is 0 Å². The molecular formula is C26H27NO4. The Hall–Kier alpha value is -3.60. The second-order valence-corrected chi connectivity index (χ2v) is 7.41. The Morgan fingerprint density at radius 1 is 0.806 bits per heavy atom. The van der Waals surface area contributed by atoms with Crippen LogP contribution in [0.4, 0.5) is 5.69 Å². The van der Waals surface area contributed by atoms with Crippen LogP contribution in [-0.4, -0.2) is 31.1 Å². The number of anilines is 1. The summed E-state index contributed by atoms with van der Waals surface area (Å²) in [4.78, 5) is 26.4. The Kier molecular flexibility index (Phi) is 7.82. The summed E-state index contributed by atoms with van der Waals surface area (Å²) >= 11 is 0. The van der Waals surface area contributed by atoms with Crippen molar-refractivity contribution in [3.63, 3.8) is 0 Å². The molecule has 0 N–H and O–H groups in total. The van der Waals surface area contributed by atoms with E-state index < -0.39 is 5.97 Å². The highest BCUT2D eigenvalue weighted by atomic mass is 16.6. The van der Waals surface area contributed by atoms with Crippen LogP contribution < -0.4 is 9.64 Å². The van der Waals surface area contributed by atoms with Gasteiger partial charge in [-0.3, -0.25) is 4.79 Å². The zero-order chi connectivity index (χ0) is 22.1. The lowest BCUT2D eigenvalue weighted by Crippen LogP contribution is -2.40. The average molecular weight is 418 g/mol. The zero-order valence-electron chi connectivity index (χ0n) is 17.9. The van der Waals surface area contributed by atoms with Crippen molar-refractivity contribution in [2.24, 2.45) is 0 Å². The third-order valence-corrected chi connectivity index (χ3v) is 4.73. The first kappa shape index (κ1) is 22.1. The Labute approximate surface area is 183 Å².